The standard InChI is InChI=1S/C18H20ClN3O3S2.CNS.Cu.H2O/c1-2-3-12-20-18(26)22-21-17(23)13-4-8-15(9-5-13)27(24,25)16-10-6-14(19)7-11-16;2-1-3;;/h4-11H,2-3,12H2,1H3,(H,21,23)(H2,20,22,26);;;1H2/q;-1;+2;/p-1. The second-order valence-corrected chi connectivity index (χ2v) is 8.65. The first-order valence-corrected chi connectivity index (χ1v) is 11.3. The largest absolute Gasteiger partial charge is 2.00 e. The number of carbonyl (C=O) groups excluding carboxylic acids is 1. The van der Waals surface area contributed by atoms with E-state index < -0.39 is 15.7 Å². The van der Waals surface area contributed by atoms with E-state index in [0.717, 1.165) is 12.8 Å². The van der Waals surface area contributed by atoms with E-state index in [0.29, 0.717) is 11.6 Å². The number of unbranched alkanes of at least 4 members (excludes halogenated alkanes) is 1. The molecule has 1 amide bonds. The van der Waals surface area contributed by atoms with Gasteiger partial charge in [-0.2, -0.15) is 5.16 Å². The van der Waals surface area contributed by atoms with E-state index in [2.05, 4.69) is 28.1 Å². The molecule has 32 heavy (non-hydrogen) atoms. The average Bonchev–Trinajstić information content (AvgIpc) is 2.73. The summed E-state index contributed by atoms with van der Waals surface area (Å²) in [5.74, 6) is -0.446. The third-order valence-corrected chi connectivity index (χ3v) is 5.87. The van der Waals surface area contributed by atoms with E-state index in [-0.39, 0.29) is 43.1 Å². The maximum Gasteiger partial charge on any atom is 2.00 e. The van der Waals surface area contributed by atoms with Crippen molar-refractivity contribution in [3.63, 3.8) is 0 Å². The summed E-state index contributed by atoms with van der Waals surface area (Å²) in [7, 11) is -3.68. The maximum absolute atomic E-state index is 12.6. The summed E-state index contributed by atoms with van der Waals surface area (Å²) in [6, 6.07) is 11.5. The molecule has 0 aliphatic carbocycles. The third kappa shape index (κ3) is 10.6. The molecule has 177 valence electrons. The Kier molecular flexibility index (Phi) is 16.9. The van der Waals surface area contributed by atoms with Crippen molar-refractivity contribution in [3.05, 3.63) is 64.5 Å². The van der Waals surface area contributed by atoms with Crippen molar-refractivity contribution in [1.29, 1.82) is 0 Å². The number of amidine groups is 1. The minimum atomic E-state index is -3.68. The van der Waals surface area contributed by atoms with E-state index in [1.165, 1.54) is 53.7 Å². The number of nitrogens with one attached hydrogen (secondary N) is 2. The molecule has 0 fully saturated rings. The first kappa shape index (κ1) is 32.3. The van der Waals surface area contributed by atoms with Gasteiger partial charge in [-0.25, -0.2) is 8.42 Å². The van der Waals surface area contributed by atoms with Crippen molar-refractivity contribution in [2.75, 3.05) is 6.54 Å². The molecule has 13 heteroatoms. The van der Waals surface area contributed by atoms with Gasteiger partial charge in [0.05, 0.1) is 9.79 Å². The summed E-state index contributed by atoms with van der Waals surface area (Å²) in [5, 5.41) is 9.11. The Morgan fingerprint density at radius 2 is 1.59 bits per heavy atom. The van der Waals surface area contributed by atoms with Crippen LogP contribution in [0.2, 0.25) is 5.02 Å². The topological polar surface area (TPSA) is 141 Å². The predicted octanol–water partition coefficient (Wildman–Crippen LogP) is 2.94. The Hall–Kier alpha value is -1.88. The van der Waals surface area contributed by atoms with Crippen molar-refractivity contribution in [1.82, 2.24) is 10.9 Å². The smallest absolute Gasteiger partial charge is 0.753 e. The number of amides is 1. The summed E-state index contributed by atoms with van der Waals surface area (Å²) in [6.45, 7) is 2.64. The SMILES string of the molecule is CCCCN=C([S-])NNC(=O)c1ccc(S(=O)(=O)c2ccc(Cl)cc2)cc1.O.[Cu+2].[N-]=C=S. The first-order chi connectivity index (χ1) is 14.3. The van der Waals surface area contributed by atoms with Crippen LogP contribution in [0.5, 0.6) is 0 Å². The number of halogens is 1. The van der Waals surface area contributed by atoms with E-state index in [1.54, 1.807) is 0 Å². The second-order valence-electron chi connectivity index (χ2n) is 5.69. The van der Waals surface area contributed by atoms with Gasteiger partial charge in [-0.3, -0.25) is 15.2 Å². The van der Waals surface area contributed by atoms with Crippen LogP contribution in [0.4, 0.5) is 0 Å². The Labute approximate surface area is 213 Å². The molecule has 0 spiro atoms. The van der Waals surface area contributed by atoms with Crippen LogP contribution in [0.15, 0.2) is 63.3 Å². The minimum Gasteiger partial charge on any atom is -0.753 e. The molecule has 0 heterocycles. The number of benzene rings is 2. The Balaban J connectivity index is 0. The fourth-order valence-corrected chi connectivity index (χ4v) is 3.63. The molecule has 0 unspecified atom stereocenters. The normalized spacial score (nSPS) is 10.2. The number of carbonyl (C=O) groups is 1. The van der Waals surface area contributed by atoms with Gasteiger partial charge in [-0.15, -0.1) is 0 Å². The van der Waals surface area contributed by atoms with Crippen LogP contribution in [0.25, 0.3) is 5.41 Å². The van der Waals surface area contributed by atoms with Crippen LogP contribution in [-0.4, -0.2) is 36.7 Å². The Bertz CT molecular complexity index is 1010. The van der Waals surface area contributed by atoms with E-state index in [1.807, 2.05) is 6.92 Å². The minimum absolute atomic E-state index is 0. The molecule has 0 aliphatic heterocycles. The molecule has 2 rings (SSSR count). The van der Waals surface area contributed by atoms with E-state index in [4.69, 9.17) is 29.6 Å². The number of sulfone groups is 1. The van der Waals surface area contributed by atoms with Crippen molar-refractivity contribution in [3.8, 4) is 0 Å². The average molecular weight is 565 g/mol. The third-order valence-electron chi connectivity index (χ3n) is 3.60. The Morgan fingerprint density at radius 1 is 1.12 bits per heavy atom. The molecule has 0 aromatic heterocycles. The molecule has 0 bridgehead atoms. The van der Waals surface area contributed by atoms with Crippen molar-refractivity contribution < 1.29 is 35.8 Å². The number of nitrogens with zero attached hydrogens (tertiary/aromatic N) is 2. The number of isothiocyanates is 1. The van der Waals surface area contributed by atoms with Crippen LogP contribution < -0.4 is 10.9 Å². The van der Waals surface area contributed by atoms with Gasteiger partial charge in [0.1, 0.15) is 0 Å². The van der Waals surface area contributed by atoms with Gasteiger partial charge in [0, 0.05) is 17.1 Å². The number of hydrogen-bond donors (Lipinski definition) is 2. The number of hydrogen-bond acceptors (Lipinski definition) is 6. The van der Waals surface area contributed by atoms with Gasteiger partial charge >= 0.3 is 17.1 Å². The first-order valence-electron chi connectivity index (χ1n) is 8.66. The van der Waals surface area contributed by atoms with Crippen LogP contribution in [0.1, 0.15) is 30.1 Å². The molecule has 0 saturated heterocycles. The number of aliphatic imine (C=N–C) groups is 1. The molecule has 4 N–H and O–H groups in total. The monoisotopic (exact) mass is 563 g/mol. The quantitative estimate of drug-likeness (QED) is 0.105. The zero-order valence-corrected chi connectivity index (χ0v) is 20.9. The zero-order valence-electron chi connectivity index (χ0n) is 16.8. The molecule has 0 saturated carbocycles. The Morgan fingerprint density at radius 3 is 2.06 bits per heavy atom. The van der Waals surface area contributed by atoms with Gasteiger partial charge < -0.3 is 28.9 Å². The zero-order chi connectivity index (χ0) is 22.6. The fourth-order valence-electron chi connectivity index (χ4n) is 2.10. The molecule has 8 nitrogen and oxygen atoms in total. The van der Waals surface area contributed by atoms with Crippen molar-refractivity contribution >= 4 is 62.5 Å². The predicted molar refractivity (Wildman–Crippen MR) is 128 cm³/mol. The van der Waals surface area contributed by atoms with E-state index in [9.17, 15) is 13.2 Å². The number of rotatable bonds is 6. The number of hydrazine groups is 1. The van der Waals surface area contributed by atoms with Crippen LogP contribution in [0.3, 0.4) is 0 Å². The van der Waals surface area contributed by atoms with Crippen molar-refractivity contribution in [2.24, 2.45) is 4.99 Å². The van der Waals surface area contributed by atoms with Crippen molar-refractivity contribution in [2.45, 2.75) is 29.6 Å². The second kappa shape index (κ2) is 16.7. The summed E-state index contributed by atoms with van der Waals surface area (Å²) >= 11 is 14.5. The van der Waals surface area contributed by atoms with E-state index >= 15 is 0 Å². The van der Waals surface area contributed by atoms with Gasteiger partial charge in [0.15, 0.2) is 0 Å². The van der Waals surface area contributed by atoms with Gasteiger partial charge in [0.25, 0.3) is 5.91 Å². The fraction of sp³-hybridized carbons (Fsp3) is 0.211. The van der Waals surface area contributed by atoms with Gasteiger partial charge in [0.2, 0.25) is 9.84 Å². The van der Waals surface area contributed by atoms with Crippen LogP contribution >= 0.6 is 23.8 Å². The molecule has 1 radical (unpaired) electrons. The molecule has 2 aromatic rings. The van der Waals surface area contributed by atoms with Crippen LogP contribution in [-0.2, 0) is 39.5 Å². The summed E-state index contributed by atoms with van der Waals surface area (Å²) in [4.78, 5) is 16.4. The molecule has 0 aliphatic rings. The molecular formula is C19H21ClCuN4O4S3. The van der Waals surface area contributed by atoms with Gasteiger partial charge in [-0.1, -0.05) is 37.2 Å². The van der Waals surface area contributed by atoms with Crippen LogP contribution in [0, 0.1) is 0 Å². The summed E-state index contributed by atoms with van der Waals surface area (Å²) < 4.78 is 25.2. The summed E-state index contributed by atoms with van der Waals surface area (Å²) in [5.41, 5.74) is 5.27. The molecular weight excluding hydrogens is 543 g/mol. The molecule has 0 atom stereocenters. The molecule has 2 aromatic carbocycles. The maximum atomic E-state index is 12.6. The number of thiocarbonyl (C=S) groups is 1. The van der Waals surface area contributed by atoms with Gasteiger partial charge in [-0.05, 0) is 60.1 Å². The summed E-state index contributed by atoms with van der Waals surface area (Å²) in [6.07, 6.45) is 1.92.